The minimum Gasteiger partial charge on any atom is -0.385 e. The normalized spacial score (nSPS) is 25.3. The van der Waals surface area contributed by atoms with E-state index in [0.717, 1.165) is 12.0 Å². The summed E-state index contributed by atoms with van der Waals surface area (Å²) >= 11 is 0. The highest BCUT2D eigenvalue weighted by atomic mass is 19.3. The van der Waals surface area contributed by atoms with Crippen molar-refractivity contribution in [1.29, 1.82) is 0 Å². The molecular weight excluding hydrogens is 252 g/mol. The molecule has 0 saturated heterocycles. The molecule has 0 aromatic heterocycles. The molecule has 1 aromatic carbocycles. The number of alkyl halides is 2. The van der Waals surface area contributed by atoms with Gasteiger partial charge in [-0.2, -0.15) is 0 Å². The molecule has 0 spiro atoms. The molecule has 104 valence electrons. The fraction of sp³-hybridized carbons (Fsp3) is 0.500. The van der Waals surface area contributed by atoms with Crippen LogP contribution in [0.2, 0.25) is 0 Å². The number of aliphatic hydroxyl groups excluding tert-OH is 1. The molecule has 2 N–H and O–H groups in total. The van der Waals surface area contributed by atoms with Crippen molar-refractivity contribution in [3.8, 4) is 0 Å². The maximum Gasteiger partial charge on any atom is 0.275 e. The van der Waals surface area contributed by atoms with Gasteiger partial charge in [-0.3, -0.25) is 4.79 Å². The van der Waals surface area contributed by atoms with Gasteiger partial charge in [-0.15, -0.1) is 0 Å². The molecule has 0 unspecified atom stereocenters. The summed E-state index contributed by atoms with van der Waals surface area (Å²) in [7, 11) is 0. The summed E-state index contributed by atoms with van der Waals surface area (Å²) in [5.41, 5.74) is 1.52. The van der Waals surface area contributed by atoms with Crippen LogP contribution >= 0.6 is 0 Å². The summed E-state index contributed by atoms with van der Waals surface area (Å²) in [5, 5.41) is 11.9. The first-order chi connectivity index (χ1) is 8.94. The van der Waals surface area contributed by atoms with Gasteiger partial charge in [0.2, 0.25) is 0 Å². The van der Waals surface area contributed by atoms with Crippen molar-refractivity contribution in [2.75, 3.05) is 0 Å². The first-order valence-corrected chi connectivity index (χ1v) is 6.39. The topological polar surface area (TPSA) is 49.3 Å². The number of nitrogens with one attached hydrogen (secondary N) is 1. The predicted molar refractivity (Wildman–Crippen MR) is 67.3 cm³/mol. The van der Waals surface area contributed by atoms with Crippen molar-refractivity contribution in [1.82, 2.24) is 5.32 Å². The molecule has 0 heterocycles. The molecule has 1 amide bonds. The Labute approximate surface area is 110 Å². The minimum atomic E-state index is -3.11. The number of hydrogen-bond donors (Lipinski definition) is 2. The lowest BCUT2D eigenvalue weighted by molar-refractivity contribution is -0.0911. The predicted octanol–water partition coefficient (Wildman–Crippen LogP) is 2.14. The third kappa shape index (κ3) is 2.92. The minimum absolute atomic E-state index is 0.0902. The number of hydrogen-bond acceptors (Lipinski definition) is 2. The lowest BCUT2D eigenvalue weighted by atomic mass is 10.1. The van der Waals surface area contributed by atoms with E-state index in [1.165, 1.54) is 0 Å². The van der Waals surface area contributed by atoms with E-state index in [0.29, 0.717) is 5.56 Å². The molecular formula is C14H17F2NO2. The third-order valence-corrected chi connectivity index (χ3v) is 3.54. The quantitative estimate of drug-likeness (QED) is 0.883. The number of halogens is 2. The largest absolute Gasteiger partial charge is 0.385 e. The maximum absolute atomic E-state index is 13.1. The van der Waals surface area contributed by atoms with Gasteiger partial charge in [-0.1, -0.05) is 19.1 Å². The Morgan fingerprint density at radius 2 is 2.05 bits per heavy atom. The van der Waals surface area contributed by atoms with E-state index in [9.17, 15) is 18.7 Å². The van der Waals surface area contributed by atoms with E-state index >= 15 is 0 Å². The monoisotopic (exact) mass is 269 g/mol. The number of carbonyl (C=O) groups excluding carboxylic acids is 1. The fourth-order valence-corrected chi connectivity index (χ4v) is 2.24. The summed E-state index contributed by atoms with van der Waals surface area (Å²) in [6, 6.07) is 6.10. The van der Waals surface area contributed by atoms with Gasteiger partial charge >= 0.3 is 0 Å². The molecule has 1 aliphatic rings. The summed E-state index contributed by atoms with van der Waals surface area (Å²) < 4.78 is 26.3. The fourth-order valence-electron chi connectivity index (χ4n) is 2.24. The van der Waals surface area contributed by atoms with Crippen LogP contribution in [0.25, 0.3) is 0 Å². The highest BCUT2D eigenvalue weighted by Crippen LogP contribution is 2.35. The molecule has 3 nitrogen and oxygen atoms in total. The molecule has 1 aliphatic carbocycles. The Hall–Kier alpha value is -1.49. The van der Waals surface area contributed by atoms with Crippen LogP contribution in [0.5, 0.6) is 0 Å². The zero-order chi connectivity index (χ0) is 14.0. The molecule has 0 aliphatic heterocycles. The number of aliphatic hydroxyl groups is 1. The van der Waals surface area contributed by atoms with Crippen molar-refractivity contribution >= 4 is 5.91 Å². The first kappa shape index (κ1) is 13.9. The smallest absolute Gasteiger partial charge is 0.275 e. The number of rotatable bonds is 3. The highest BCUT2D eigenvalue weighted by Gasteiger charge is 2.49. The molecule has 1 fully saturated rings. The Morgan fingerprint density at radius 3 is 2.53 bits per heavy atom. The molecule has 19 heavy (non-hydrogen) atoms. The molecule has 1 saturated carbocycles. The van der Waals surface area contributed by atoms with E-state index < -0.39 is 30.4 Å². The van der Waals surface area contributed by atoms with Crippen molar-refractivity contribution in [2.24, 2.45) is 0 Å². The van der Waals surface area contributed by atoms with Crippen LogP contribution in [0.15, 0.2) is 24.3 Å². The SMILES string of the molecule is CCc1ccc(C(=O)N[C@@H]2CCC(F)(F)[C@H]2O)cc1. The molecule has 2 atom stereocenters. The van der Waals surface area contributed by atoms with Crippen molar-refractivity contribution in [2.45, 2.75) is 44.3 Å². The van der Waals surface area contributed by atoms with Crippen LogP contribution in [0.4, 0.5) is 8.78 Å². The first-order valence-electron chi connectivity index (χ1n) is 6.39. The number of aryl methyl sites for hydroxylation is 1. The van der Waals surface area contributed by atoms with Crippen LogP contribution in [0.1, 0.15) is 35.7 Å². The van der Waals surface area contributed by atoms with Crippen LogP contribution in [0, 0.1) is 0 Å². The van der Waals surface area contributed by atoms with Crippen LogP contribution in [-0.4, -0.2) is 29.1 Å². The molecule has 1 aromatic rings. The number of amides is 1. The highest BCUT2D eigenvalue weighted by molar-refractivity contribution is 5.94. The van der Waals surface area contributed by atoms with Gasteiger partial charge in [0.1, 0.15) is 6.10 Å². The van der Waals surface area contributed by atoms with Gasteiger partial charge in [0, 0.05) is 12.0 Å². The Bertz CT molecular complexity index is 459. The second-order valence-electron chi connectivity index (χ2n) is 4.87. The third-order valence-electron chi connectivity index (χ3n) is 3.54. The summed E-state index contributed by atoms with van der Waals surface area (Å²) in [5.74, 6) is -3.53. The van der Waals surface area contributed by atoms with E-state index in [1.54, 1.807) is 12.1 Å². The van der Waals surface area contributed by atoms with E-state index in [-0.39, 0.29) is 6.42 Å². The van der Waals surface area contributed by atoms with Crippen molar-refractivity contribution in [3.63, 3.8) is 0 Å². The lowest BCUT2D eigenvalue weighted by Crippen LogP contribution is -2.45. The van der Waals surface area contributed by atoms with Gasteiger partial charge in [-0.05, 0) is 30.5 Å². The average molecular weight is 269 g/mol. The van der Waals surface area contributed by atoms with Gasteiger partial charge in [0.25, 0.3) is 11.8 Å². The zero-order valence-electron chi connectivity index (χ0n) is 10.7. The maximum atomic E-state index is 13.1. The molecule has 2 rings (SSSR count). The van der Waals surface area contributed by atoms with Crippen LogP contribution < -0.4 is 5.32 Å². The number of benzene rings is 1. The van der Waals surface area contributed by atoms with Crippen molar-refractivity contribution < 1.29 is 18.7 Å². The summed E-state index contributed by atoms with van der Waals surface area (Å²) in [6.45, 7) is 2.01. The van der Waals surface area contributed by atoms with Gasteiger partial charge in [0.05, 0.1) is 6.04 Å². The second-order valence-corrected chi connectivity index (χ2v) is 4.87. The lowest BCUT2D eigenvalue weighted by Gasteiger charge is -2.20. The Morgan fingerprint density at radius 1 is 1.42 bits per heavy atom. The molecule has 5 heteroatoms. The standard InChI is InChI=1S/C14H17F2NO2/c1-2-9-3-5-10(6-4-9)13(19)17-11-7-8-14(15,16)12(11)18/h3-6,11-12,18H,2,7-8H2,1H3,(H,17,19)/t11-,12+/m1/s1. The van der Waals surface area contributed by atoms with Crippen molar-refractivity contribution in [3.05, 3.63) is 35.4 Å². The van der Waals surface area contributed by atoms with Crippen LogP contribution in [-0.2, 0) is 6.42 Å². The second kappa shape index (κ2) is 5.25. The molecule has 0 radical (unpaired) electrons. The van der Waals surface area contributed by atoms with Gasteiger partial charge in [0.15, 0.2) is 0 Å². The van der Waals surface area contributed by atoms with Gasteiger partial charge in [-0.25, -0.2) is 8.78 Å². The van der Waals surface area contributed by atoms with Gasteiger partial charge < -0.3 is 10.4 Å². The number of carbonyl (C=O) groups is 1. The average Bonchev–Trinajstić information content (AvgIpc) is 2.66. The van der Waals surface area contributed by atoms with Crippen LogP contribution in [0.3, 0.4) is 0 Å². The van der Waals surface area contributed by atoms with E-state index in [1.807, 2.05) is 19.1 Å². The van der Waals surface area contributed by atoms with E-state index in [2.05, 4.69) is 5.32 Å². The Kier molecular flexibility index (Phi) is 3.85. The summed E-state index contributed by atoms with van der Waals surface area (Å²) in [4.78, 5) is 11.9. The summed E-state index contributed by atoms with van der Waals surface area (Å²) in [6.07, 6.45) is -1.23. The Balaban J connectivity index is 2.01. The van der Waals surface area contributed by atoms with E-state index in [4.69, 9.17) is 0 Å². The molecule has 0 bridgehead atoms. The zero-order valence-corrected chi connectivity index (χ0v) is 10.7.